The summed E-state index contributed by atoms with van der Waals surface area (Å²) in [6.45, 7) is 0. The van der Waals surface area contributed by atoms with E-state index in [-0.39, 0.29) is 0 Å². The zero-order chi connectivity index (χ0) is 12.5. The number of imidazole rings is 1. The Bertz CT molecular complexity index is 584. The Labute approximate surface area is 112 Å². The molecule has 2 N–H and O–H groups in total. The van der Waals surface area contributed by atoms with Gasteiger partial charge >= 0.3 is 0 Å². The SMILES string of the molecule is NC(=S)c1ccc(-n2cnc3c2CCCC3)cc1. The van der Waals surface area contributed by atoms with Crippen molar-refractivity contribution in [2.45, 2.75) is 25.7 Å². The van der Waals surface area contributed by atoms with Gasteiger partial charge in [-0.15, -0.1) is 0 Å². The number of hydrogen-bond acceptors (Lipinski definition) is 2. The Morgan fingerprint density at radius 1 is 1.17 bits per heavy atom. The standard InChI is InChI=1S/C14H15N3S/c15-14(18)10-5-7-11(8-6-10)17-9-16-12-3-1-2-4-13(12)17/h5-9H,1-4H2,(H2,15,18). The van der Waals surface area contributed by atoms with Gasteiger partial charge in [-0.05, 0) is 49.9 Å². The fourth-order valence-corrected chi connectivity index (χ4v) is 2.61. The number of nitrogens with zero attached hydrogens (tertiary/aromatic N) is 2. The molecule has 0 saturated carbocycles. The van der Waals surface area contributed by atoms with E-state index >= 15 is 0 Å². The van der Waals surface area contributed by atoms with Crippen LogP contribution >= 0.6 is 12.2 Å². The number of thiocarbonyl (C=S) groups is 1. The van der Waals surface area contributed by atoms with Crippen LogP contribution in [0.4, 0.5) is 0 Å². The van der Waals surface area contributed by atoms with Crippen molar-refractivity contribution >= 4 is 17.2 Å². The highest BCUT2D eigenvalue weighted by Crippen LogP contribution is 2.23. The van der Waals surface area contributed by atoms with E-state index in [1.165, 1.54) is 24.2 Å². The third-order valence-electron chi connectivity index (χ3n) is 3.46. The average Bonchev–Trinajstić information content (AvgIpc) is 2.82. The molecule has 18 heavy (non-hydrogen) atoms. The second kappa shape index (κ2) is 4.53. The molecule has 4 heteroatoms. The third kappa shape index (κ3) is 1.93. The molecule has 0 saturated heterocycles. The van der Waals surface area contributed by atoms with Crippen molar-refractivity contribution in [1.82, 2.24) is 9.55 Å². The molecule has 0 amide bonds. The van der Waals surface area contributed by atoms with E-state index in [0.29, 0.717) is 4.99 Å². The van der Waals surface area contributed by atoms with Gasteiger partial charge in [0.05, 0.1) is 12.0 Å². The minimum Gasteiger partial charge on any atom is -0.389 e. The summed E-state index contributed by atoms with van der Waals surface area (Å²) < 4.78 is 2.18. The minimum atomic E-state index is 0.439. The molecule has 0 radical (unpaired) electrons. The number of nitrogens with two attached hydrogens (primary N) is 1. The maximum Gasteiger partial charge on any atom is 0.103 e. The van der Waals surface area contributed by atoms with Gasteiger partial charge in [0.25, 0.3) is 0 Å². The van der Waals surface area contributed by atoms with Crippen LogP contribution in [0, 0.1) is 0 Å². The molecule has 0 fully saturated rings. The average molecular weight is 257 g/mol. The Hall–Kier alpha value is -1.68. The molecule has 3 rings (SSSR count). The Morgan fingerprint density at radius 2 is 1.89 bits per heavy atom. The molecule has 1 aliphatic carbocycles. The van der Waals surface area contributed by atoms with Crippen molar-refractivity contribution in [3.63, 3.8) is 0 Å². The second-order valence-corrected chi connectivity index (χ2v) is 5.07. The molecular weight excluding hydrogens is 242 g/mol. The molecule has 0 bridgehead atoms. The van der Waals surface area contributed by atoms with Gasteiger partial charge in [0.1, 0.15) is 4.99 Å². The van der Waals surface area contributed by atoms with Gasteiger partial charge in [0.15, 0.2) is 0 Å². The maximum absolute atomic E-state index is 5.61. The van der Waals surface area contributed by atoms with Crippen molar-refractivity contribution in [3.05, 3.63) is 47.5 Å². The van der Waals surface area contributed by atoms with Crippen LogP contribution in [0.2, 0.25) is 0 Å². The van der Waals surface area contributed by atoms with E-state index in [1.807, 2.05) is 30.6 Å². The minimum absolute atomic E-state index is 0.439. The molecule has 3 nitrogen and oxygen atoms in total. The van der Waals surface area contributed by atoms with Gasteiger partial charge < -0.3 is 10.3 Å². The quantitative estimate of drug-likeness (QED) is 0.840. The van der Waals surface area contributed by atoms with Gasteiger partial charge in [-0.2, -0.15) is 0 Å². The first-order valence-electron chi connectivity index (χ1n) is 6.21. The molecule has 0 aliphatic heterocycles. The van der Waals surface area contributed by atoms with Gasteiger partial charge in [0.2, 0.25) is 0 Å². The molecule has 1 heterocycles. The lowest BCUT2D eigenvalue weighted by Gasteiger charge is -2.14. The lowest BCUT2D eigenvalue weighted by molar-refractivity contribution is 0.656. The van der Waals surface area contributed by atoms with Gasteiger partial charge in [0, 0.05) is 16.9 Å². The molecule has 92 valence electrons. The van der Waals surface area contributed by atoms with Crippen LogP contribution in [0.25, 0.3) is 5.69 Å². The highest BCUT2D eigenvalue weighted by atomic mass is 32.1. The van der Waals surface area contributed by atoms with Crippen LogP contribution < -0.4 is 5.73 Å². The molecule has 2 aromatic rings. The summed E-state index contributed by atoms with van der Waals surface area (Å²) in [6.07, 6.45) is 6.65. The van der Waals surface area contributed by atoms with E-state index in [9.17, 15) is 0 Å². The smallest absolute Gasteiger partial charge is 0.103 e. The highest BCUT2D eigenvalue weighted by molar-refractivity contribution is 7.80. The number of hydrogen-bond donors (Lipinski definition) is 1. The molecule has 0 atom stereocenters. The predicted molar refractivity (Wildman–Crippen MR) is 76.1 cm³/mol. The van der Waals surface area contributed by atoms with Crippen LogP contribution in [0.3, 0.4) is 0 Å². The topological polar surface area (TPSA) is 43.8 Å². The summed E-state index contributed by atoms with van der Waals surface area (Å²) in [5.41, 5.74) is 10.2. The van der Waals surface area contributed by atoms with Crippen LogP contribution in [0.5, 0.6) is 0 Å². The van der Waals surface area contributed by atoms with Crippen molar-refractivity contribution in [3.8, 4) is 5.69 Å². The largest absolute Gasteiger partial charge is 0.389 e. The zero-order valence-electron chi connectivity index (χ0n) is 10.1. The molecule has 0 unspecified atom stereocenters. The number of benzene rings is 1. The normalized spacial score (nSPS) is 14.2. The van der Waals surface area contributed by atoms with Crippen LogP contribution in [-0.2, 0) is 12.8 Å². The van der Waals surface area contributed by atoms with E-state index in [0.717, 1.165) is 24.1 Å². The van der Waals surface area contributed by atoms with E-state index in [1.54, 1.807) is 0 Å². The van der Waals surface area contributed by atoms with Crippen LogP contribution in [0.1, 0.15) is 29.8 Å². The molecule has 0 spiro atoms. The van der Waals surface area contributed by atoms with Crippen molar-refractivity contribution in [1.29, 1.82) is 0 Å². The van der Waals surface area contributed by atoms with E-state index in [2.05, 4.69) is 9.55 Å². The first-order chi connectivity index (χ1) is 8.75. The van der Waals surface area contributed by atoms with Crippen LogP contribution in [-0.4, -0.2) is 14.5 Å². The summed E-state index contributed by atoms with van der Waals surface area (Å²) in [7, 11) is 0. The first kappa shape index (κ1) is 11.4. The second-order valence-electron chi connectivity index (χ2n) is 4.63. The summed E-state index contributed by atoms with van der Waals surface area (Å²) in [5, 5.41) is 0. The Balaban J connectivity index is 1.99. The Kier molecular flexibility index (Phi) is 2.88. The number of fused-ring (bicyclic) bond motifs is 1. The van der Waals surface area contributed by atoms with E-state index in [4.69, 9.17) is 18.0 Å². The fraction of sp³-hybridized carbons (Fsp3) is 0.286. The summed E-state index contributed by atoms with van der Waals surface area (Å²) in [4.78, 5) is 4.94. The molecule has 1 aliphatic rings. The molecular formula is C14H15N3S. The monoisotopic (exact) mass is 257 g/mol. The lowest BCUT2D eigenvalue weighted by Crippen LogP contribution is -2.10. The predicted octanol–water partition coefficient (Wildman–Crippen LogP) is 2.39. The van der Waals surface area contributed by atoms with Crippen molar-refractivity contribution < 1.29 is 0 Å². The molecule has 1 aromatic carbocycles. The fourth-order valence-electron chi connectivity index (χ4n) is 2.48. The van der Waals surface area contributed by atoms with Crippen molar-refractivity contribution in [2.75, 3.05) is 0 Å². The zero-order valence-corrected chi connectivity index (χ0v) is 10.9. The maximum atomic E-state index is 5.61. The van der Waals surface area contributed by atoms with E-state index < -0.39 is 0 Å². The number of aromatic nitrogens is 2. The summed E-state index contributed by atoms with van der Waals surface area (Å²) in [6, 6.07) is 8.02. The van der Waals surface area contributed by atoms with Crippen LogP contribution in [0.15, 0.2) is 30.6 Å². The summed E-state index contributed by atoms with van der Waals surface area (Å²) in [5.74, 6) is 0. The lowest BCUT2D eigenvalue weighted by atomic mass is 10.0. The number of rotatable bonds is 2. The van der Waals surface area contributed by atoms with Crippen molar-refractivity contribution in [2.24, 2.45) is 5.73 Å². The highest BCUT2D eigenvalue weighted by Gasteiger charge is 2.15. The summed E-state index contributed by atoms with van der Waals surface area (Å²) >= 11 is 4.96. The van der Waals surface area contributed by atoms with Gasteiger partial charge in [-0.25, -0.2) is 4.98 Å². The first-order valence-corrected chi connectivity index (χ1v) is 6.62. The molecule has 1 aromatic heterocycles. The van der Waals surface area contributed by atoms with Gasteiger partial charge in [-0.1, -0.05) is 12.2 Å². The third-order valence-corrected chi connectivity index (χ3v) is 3.70. The Morgan fingerprint density at radius 3 is 2.61 bits per heavy atom. The number of aryl methyl sites for hydroxylation is 1. The van der Waals surface area contributed by atoms with Gasteiger partial charge in [-0.3, -0.25) is 0 Å².